The number of benzene rings is 1. The Morgan fingerprint density at radius 2 is 1.95 bits per heavy atom. The number of morpholine rings is 1. The second-order valence-electron chi connectivity index (χ2n) is 6.88. The minimum atomic E-state index is 0.562. The molecule has 2 heterocycles. The van der Waals surface area contributed by atoms with E-state index in [1.165, 1.54) is 24.9 Å². The highest BCUT2D eigenvalue weighted by molar-refractivity contribution is 5.31. The van der Waals surface area contributed by atoms with Crippen molar-refractivity contribution in [3.05, 3.63) is 35.4 Å². The molecule has 1 aliphatic carbocycles. The first-order valence-electron chi connectivity index (χ1n) is 8.38. The summed E-state index contributed by atoms with van der Waals surface area (Å²) in [5, 5.41) is 8.87. The monoisotopic (exact) mass is 297 g/mol. The summed E-state index contributed by atoms with van der Waals surface area (Å²) in [6, 6.07) is 11.4. The van der Waals surface area contributed by atoms with E-state index in [1.807, 2.05) is 12.1 Å². The first-order valence-corrected chi connectivity index (χ1v) is 8.38. The van der Waals surface area contributed by atoms with Gasteiger partial charge in [0.25, 0.3) is 0 Å². The molecule has 0 radical (unpaired) electrons. The molecule has 0 aromatic heterocycles. The molecular weight excluding hydrogens is 274 g/mol. The van der Waals surface area contributed by atoms with E-state index in [4.69, 9.17) is 10.00 Å². The third-order valence-corrected chi connectivity index (χ3v) is 5.29. The lowest BCUT2D eigenvalue weighted by atomic mass is 10.0. The summed E-state index contributed by atoms with van der Waals surface area (Å²) in [6.07, 6.45) is 2.79. The van der Waals surface area contributed by atoms with Crippen LogP contribution in [-0.2, 0) is 11.3 Å². The normalized spacial score (nSPS) is 29.8. The zero-order valence-corrected chi connectivity index (χ0v) is 12.9. The maximum atomic E-state index is 8.87. The molecule has 4 heteroatoms. The number of fused-ring (bicyclic) bond motifs is 1. The fraction of sp³-hybridized carbons (Fsp3) is 0.611. The van der Waals surface area contributed by atoms with Crippen LogP contribution in [0.5, 0.6) is 0 Å². The molecule has 0 amide bonds. The van der Waals surface area contributed by atoms with Crippen LogP contribution < -0.4 is 0 Å². The van der Waals surface area contributed by atoms with Crippen LogP contribution in [-0.4, -0.2) is 54.7 Å². The Labute approximate surface area is 132 Å². The van der Waals surface area contributed by atoms with Gasteiger partial charge >= 0.3 is 0 Å². The molecule has 2 atom stereocenters. The summed E-state index contributed by atoms with van der Waals surface area (Å²) in [7, 11) is 0. The Morgan fingerprint density at radius 3 is 2.68 bits per heavy atom. The molecule has 4 rings (SSSR count). The summed E-state index contributed by atoms with van der Waals surface area (Å²) in [5.41, 5.74) is 2.03. The lowest BCUT2D eigenvalue weighted by Crippen LogP contribution is -2.62. The van der Waals surface area contributed by atoms with Crippen molar-refractivity contribution in [3.8, 4) is 6.07 Å². The molecule has 3 aliphatic rings. The number of hydrogen-bond acceptors (Lipinski definition) is 4. The van der Waals surface area contributed by atoms with Crippen molar-refractivity contribution >= 4 is 0 Å². The Kier molecular flexibility index (Phi) is 3.87. The summed E-state index contributed by atoms with van der Waals surface area (Å²) in [5.74, 6) is 0.896. The first kappa shape index (κ1) is 14.2. The van der Waals surface area contributed by atoms with E-state index < -0.39 is 0 Å². The molecule has 0 spiro atoms. The van der Waals surface area contributed by atoms with Gasteiger partial charge in [-0.1, -0.05) is 12.1 Å². The zero-order chi connectivity index (χ0) is 14.9. The molecule has 4 nitrogen and oxygen atoms in total. The second-order valence-corrected chi connectivity index (χ2v) is 6.88. The molecule has 3 fully saturated rings. The van der Waals surface area contributed by atoms with Crippen molar-refractivity contribution in [2.45, 2.75) is 31.5 Å². The number of rotatable bonds is 3. The first-order chi connectivity index (χ1) is 10.8. The average Bonchev–Trinajstić information content (AvgIpc) is 3.40. The van der Waals surface area contributed by atoms with Gasteiger partial charge in [0, 0.05) is 38.3 Å². The van der Waals surface area contributed by atoms with Crippen molar-refractivity contribution in [3.63, 3.8) is 0 Å². The fourth-order valence-electron chi connectivity index (χ4n) is 3.91. The predicted octanol–water partition coefficient (Wildman–Crippen LogP) is 1.85. The molecule has 2 saturated heterocycles. The minimum Gasteiger partial charge on any atom is -0.378 e. The predicted molar refractivity (Wildman–Crippen MR) is 84.3 cm³/mol. The van der Waals surface area contributed by atoms with Crippen LogP contribution in [0.2, 0.25) is 0 Å². The molecular formula is C18H23N3O. The highest BCUT2D eigenvalue weighted by Crippen LogP contribution is 2.38. The van der Waals surface area contributed by atoms with Gasteiger partial charge < -0.3 is 4.74 Å². The number of piperazine rings is 1. The van der Waals surface area contributed by atoms with Crippen molar-refractivity contribution in [2.75, 3.05) is 32.8 Å². The molecule has 1 aromatic rings. The molecule has 1 aromatic carbocycles. The van der Waals surface area contributed by atoms with Crippen LogP contribution >= 0.6 is 0 Å². The van der Waals surface area contributed by atoms with Crippen molar-refractivity contribution < 1.29 is 4.74 Å². The second kappa shape index (κ2) is 6.00. The summed E-state index contributed by atoms with van der Waals surface area (Å²) >= 11 is 0. The SMILES string of the molecule is N#Cc1ccc(CN2CCN3[C@@H](COC[C@@H]3C3CC3)C2)cc1. The van der Waals surface area contributed by atoms with Gasteiger partial charge in [-0.3, -0.25) is 9.80 Å². The number of hydrogen-bond donors (Lipinski definition) is 0. The van der Waals surface area contributed by atoms with Crippen molar-refractivity contribution in [1.82, 2.24) is 9.80 Å². The molecule has 1 saturated carbocycles. The number of nitriles is 1. The Balaban J connectivity index is 1.38. The Bertz CT molecular complexity index is 561. The molecule has 2 aliphatic heterocycles. The summed E-state index contributed by atoms with van der Waals surface area (Å²) in [4.78, 5) is 5.25. The lowest BCUT2D eigenvalue weighted by molar-refractivity contribution is -0.0880. The quantitative estimate of drug-likeness (QED) is 0.853. The van der Waals surface area contributed by atoms with Crippen LogP contribution in [0, 0.1) is 17.2 Å². The molecule has 0 N–H and O–H groups in total. The van der Waals surface area contributed by atoms with Crippen LogP contribution in [0.25, 0.3) is 0 Å². The van der Waals surface area contributed by atoms with Crippen molar-refractivity contribution in [2.24, 2.45) is 5.92 Å². The van der Waals surface area contributed by atoms with Crippen LogP contribution in [0.15, 0.2) is 24.3 Å². The van der Waals surface area contributed by atoms with Gasteiger partial charge in [0.2, 0.25) is 0 Å². The van der Waals surface area contributed by atoms with Crippen LogP contribution in [0.3, 0.4) is 0 Å². The Morgan fingerprint density at radius 1 is 1.14 bits per heavy atom. The third kappa shape index (κ3) is 2.89. The maximum Gasteiger partial charge on any atom is 0.0991 e. The van der Waals surface area contributed by atoms with E-state index in [0.717, 1.165) is 44.3 Å². The van der Waals surface area contributed by atoms with Gasteiger partial charge in [-0.2, -0.15) is 5.26 Å². The number of ether oxygens (including phenoxy) is 1. The van der Waals surface area contributed by atoms with Gasteiger partial charge in [0.15, 0.2) is 0 Å². The summed E-state index contributed by atoms with van der Waals surface area (Å²) in [6.45, 7) is 6.21. The van der Waals surface area contributed by atoms with E-state index in [1.54, 1.807) is 0 Å². The Hall–Kier alpha value is -1.41. The topological polar surface area (TPSA) is 39.5 Å². The smallest absolute Gasteiger partial charge is 0.0991 e. The van der Waals surface area contributed by atoms with E-state index in [2.05, 4.69) is 28.0 Å². The van der Waals surface area contributed by atoms with E-state index in [0.29, 0.717) is 12.1 Å². The lowest BCUT2D eigenvalue weighted by Gasteiger charge is -2.48. The van der Waals surface area contributed by atoms with E-state index in [9.17, 15) is 0 Å². The van der Waals surface area contributed by atoms with Gasteiger partial charge in [-0.15, -0.1) is 0 Å². The fourth-order valence-corrected chi connectivity index (χ4v) is 3.91. The van der Waals surface area contributed by atoms with E-state index in [-0.39, 0.29) is 0 Å². The van der Waals surface area contributed by atoms with Crippen LogP contribution in [0.1, 0.15) is 24.0 Å². The van der Waals surface area contributed by atoms with Gasteiger partial charge in [-0.25, -0.2) is 0 Å². The third-order valence-electron chi connectivity index (χ3n) is 5.29. The largest absolute Gasteiger partial charge is 0.378 e. The maximum absolute atomic E-state index is 8.87. The molecule has 116 valence electrons. The van der Waals surface area contributed by atoms with Crippen molar-refractivity contribution in [1.29, 1.82) is 5.26 Å². The average molecular weight is 297 g/mol. The minimum absolute atomic E-state index is 0.562. The molecule has 0 bridgehead atoms. The number of nitrogens with zero attached hydrogens (tertiary/aromatic N) is 3. The molecule has 22 heavy (non-hydrogen) atoms. The highest BCUT2D eigenvalue weighted by Gasteiger charge is 2.42. The molecule has 0 unspecified atom stereocenters. The van der Waals surface area contributed by atoms with Gasteiger partial charge in [0.1, 0.15) is 0 Å². The van der Waals surface area contributed by atoms with Crippen LogP contribution in [0.4, 0.5) is 0 Å². The standard InChI is InChI=1S/C18H23N3O/c19-9-14-1-3-15(4-2-14)10-20-7-8-21-17(11-20)12-22-13-18(21)16-5-6-16/h1-4,16-18H,5-8,10-13H2/t17-,18-/m1/s1. The van der Waals surface area contributed by atoms with Gasteiger partial charge in [0.05, 0.1) is 24.8 Å². The van der Waals surface area contributed by atoms with Gasteiger partial charge in [-0.05, 0) is 36.5 Å². The zero-order valence-electron chi connectivity index (χ0n) is 12.9. The highest BCUT2D eigenvalue weighted by atomic mass is 16.5. The summed E-state index contributed by atoms with van der Waals surface area (Å²) < 4.78 is 5.88. The van der Waals surface area contributed by atoms with E-state index >= 15 is 0 Å².